The van der Waals surface area contributed by atoms with E-state index in [0.29, 0.717) is 17.9 Å². The second-order valence-corrected chi connectivity index (χ2v) is 4.63. The molecule has 120 valence electrons. The van der Waals surface area contributed by atoms with Crippen molar-refractivity contribution in [2.45, 2.75) is 19.9 Å². The maximum absolute atomic E-state index is 12.1. The first-order valence-electron chi connectivity index (χ1n) is 6.87. The van der Waals surface area contributed by atoms with Crippen LogP contribution in [0, 0.1) is 0 Å². The quantitative estimate of drug-likeness (QED) is 0.775. The highest BCUT2D eigenvalue weighted by molar-refractivity contribution is 5.99. The smallest absolute Gasteiger partial charge is 0.326 e. The molecule has 0 saturated heterocycles. The highest BCUT2D eigenvalue weighted by atomic mass is 16.5. The lowest BCUT2D eigenvalue weighted by molar-refractivity contribution is -0.147. The topological polar surface area (TPSA) is 95.9 Å². The van der Waals surface area contributed by atoms with Crippen molar-refractivity contribution >= 4 is 17.8 Å². The maximum Gasteiger partial charge on any atom is 0.326 e. The van der Waals surface area contributed by atoms with Crippen molar-refractivity contribution in [1.29, 1.82) is 0 Å². The van der Waals surface area contributed by atoms with Crippen LogP contribution in [0.4, 0.5) is 0 Å². The summed E-state index contributed by atoms with van der Waals surface area (Å²) in [5, 5.41) is 11.3. The Bertz CT molecular complexity index is 559. The van der Waals surface area contributed by atoms with E-state index in [1.54, 1.807) is 31.2 Å². The summed E-state index contributed by atoms with van der Waals surface area (Å²) in [5.41, 5.74) is 0.325. The molecule has 7 heteroatoms. The van der Waals surface area contributed by atoms with E-state index in [1.807, 2.05) is 0 Å². The zero-order chi connectivity index (χ0) is 16.7. The lowest BCUT2D eigenvalue weighted by atomic mass is 10.2. The van der Waals surface area contributed by atoms with Gasteiger partial charge in [0.1, 0.15) is 11.8 Å². The Hall–Kier alpha value is -2.57. The molecule has 1 aromatic rings. The molecule has 0 aromatic heterocycles. The van der Waals surface area contributed by atoms with Crippen LogP contribution in [0.25, 0.3) is 0 Å². The average Bonchev–Trinajstić information content (AvgIpc) is 2.51. The number of rotatable bonds is 7. The fourth-order valence-electron chi connectivity index (χ4n) is 1.69. The normalized spacial score (nSPS) is 11.4. The number of carbonyl (C=O) groups excluding carboxylic acids is 2. The van der Waals surface area contributed by atoms with Crippen LogP contribution in [0.15, 0.2) is 24.3 Å². The highest BCUT2D eigenvalue weighted by Crippen LogP contribution is 2.17. The van der Waals surface area contributed by atoms with Gasteiger partial charge in [-0.25, -0.2) is 4.79 Å². The number of amides is 2. The maximum atomic E-state index is 12.1. The minimum Gasteiger partial charge on any atom is -0.493 e. The predicted octanol–water partition coefficient (Wildman–Crippen LogP) is 0.747. The van der Waals surface area contributed by atoms with Gasteiger partial charge in [-0.15, -0.1) is 0 Å². The van der Waals surface area contributed by atoms with Crippen LogP contribution in [0.1, 0.15) is 24.2 Å². The Labute approximate surface area is 128 Å². The van der Waals surface area contributed by atoms with Gasteiger partial charge in [0.2, 0.25) is 5.91 Å². The molecular weight excluding hydrogens is 288 g/mol. The number of para-hydroxylation sites is 1. The Kier molecular flexibility index (Phi) is 6.37. The largest absolute Gasteiger partial charge is 0.493 e. The standard InChI is InChI=1S/C15H20N2O5/c1-4-22-12-8-6-5-7-11(12)14(19)16-9-13(18)17(3)10(2)15(20)21/h5-8,10H,4,9H2,1-3H3,(H,16,19)(H,20,21). The summed E-state index contributed by atoms with van der Waals surface area (Å²) in [5.74, 6) is -1.61. The Morgan fingerprint density at radius 3 is 2.55 bits per heavy atom. The molecule has 0 aliphatic carbocycles. The molecule has 1 rings (SSSR count). The molecule has 1 aromatic carbocycles. The molecule has 0 bridgehead atoms. The van der Waals surface area contributed by atoms with Crippen LogP contribution >= 0.6 is 0 Å². The molecule has 0 fully saturated rings. The molecule has 0 saturated carbocycles. The lowest BCUT2D eigenvalue weighted by Crippen LogP contribution is -2.45. The summed E-state index contributed by atoms with van der Waals surface area (Å²) in [7, 11) is 1.38. The summed E-state index contributed by atoms with van der Waals surface area (Å²) >= 11 is 0. The van der Waals surface area contributed by atoms with Crippen LogP contribution in [0.2, 0.25) is 0 Å². The monoisotopic (exact) mass is 308 g/mol. The number of carbonyl (C=O) groups is 3. The molecule has 2 N–H and O–H groups in total. The Morgan fingerprint density at radius 1 is 1.32 bits per heavy atom. The van der Waals surface area contributed by atoms with E-state index in [9.17, 15) is 14.4 Å². The van der Waals surface area contributed by atoms with Crippen LogP contribution in [0.5, 0.6) is 5.75 Å². The molecule has 2 amide bonds. The third-order valence-electron chi connectivity index (χ3n) is 3.16. The van der Waals surface area contributed by atoms with E-state index in [4.69, 9.17) is 9.84 Å². The van der Waals surface area contributed by atoms with Gasteiger partial charge in [0.05, 0.1) is 18.7 Å². The van der Waals surface area contributed by atoms with E-state index in [2.05, 4.69) is 5.32 Å². The molecule has 0 heterocycles. The SMILES string of the molecule is CCOc1ccccc1C(=O)NCC(=O)N(C)C(C)C(=O)O. The molecule has 0 aliphatic rings. The van der Waals surface area contributed by atoms with Gasteiger partial charge in [0, 0.05) is 7.05 Å². The zero-order valence-electron chi connectivity index (χ0n) is 12.8. The molecule has 22 heavy (non-hydrogen) atoms. The molecule has 0 aliphatic heterocycles. The van der Waals surface area contributed by atoms with Crippen LogP contribution in [-0.2, 0) is 9.59 Å². The summed E-state index contributed by atoms with van der Waals surface area (Å²) in [6.45, 7) is 3.34. The minimum absolute atomic E-state index is 0.284. The molecule has 1 atom stereocenters. The Morgan fingerprint density at radius 2 is 1.95 bits per heavy atom. The molecule has 0 spiro atoms. The minimum atomic E-state index is -1.11. The molecule has 1 unspecified atom stereocenters. The molecule has 0 radical (unpaired) electrons. The number of carboxylic acids is 1. The zero-order valence-corrected chi connectivity index (χ0v) is 12.8. The number of nitrogens with zero attached hydrogens (tertiary/aromatic N) is 1. The number of hydrogen-bond donors (Lipinski definition) is 2. The fourth-order valence-corrected chi connectivity index (χ4v) is 1.69. The van der Waals surface area contributed by atoms with Gasteiger partial charge in [0.25, 0.3) is 5.91 Å². The number of hydrogen-bond acceptors (Lipinski definition) is 4. The van der Waals surface area contributed by atoms with Gasteiger partial charge in [-0.3, -0.25) is 9.59 Å². The molecule has 7 nitrogen and oxygen atoms in total. The first-order chi connectivity index (χ1) is 10.4. The highest BCUT2D eigenvalue weighted by Gasteiger charge is 2.22. The first kappa shape index (κ1) is 17.5. The summed E-state index contributed by atoms with van der Waals surface area (Å²) < 4.78 is 5.35. The number of carboxylic acid groups (broad SMARTS) is 1. The van der Waals surface area contributed by atoms with E-state index in [0.717, 1.165) is 4.90 Å². The van der Waals surface area contributed by atoms with E-state index in [-0.39, 0.29) is 6.54 Å². The number of aliphatic carboxylic acids is 1. The molecular formula is C15H20N2O5. The van der Waals surface area contributed by atoms with Crippen molar-refractivity contribution in [1.82, 2.24) is 10.2 Å². The van der Waals surface area contributed by atoms with Crippen molar-refractivity contribution in [3.63, 3.8) is 0 Å². The summed E-state index contributed by atoms with van der Waals surface area (Å²) in [4.78, 5) is 35.8. The van der Waals surface area contributed by atoms with Crippen molar-refractivity contribution in [2.24, 2.45) is 0 Å². The van der Waals surface area contributed by atoms with Gasteiger partial charge in [-0.2, -0.15) is 0 Å². The van der Waals surface area contributed by atoms with Crippen LogP contribution in [0.3, 0.4) is 0 Å². The number of likely N-dealkylation sites (N-methyl/N-ethyl adjacent to an activating group) is 1. The van der Waals surface area contributed by atoms with Crippen molar-refractivity contribution in [2.75, 3.05) is 20.2 Å². The van der Waals surface area contributed by atoms with Crippen LogP contribution in [-0.4, -0.2) is 54.0 Å². The van der Waals surface area contributed by atoms with Gasteiger partial charge >= 0.3 is 5.97 Å². The van der Waals surface area contributed by atoms with Crippen LogP contribution < -0.4 is 10.1 Å². The summed E-state index contributed by atoms with van der Waals surface area (Å²) in [6.07, 6.45) is 0. The second-order valence-electron chi connectivity index (χ2n) is 4.63. The number of ether oxygens (including phenoxy) is 1. The van der Waals surface area contributed by atoms with Gasteiger partial charge in [-0.05, 0) is 26.0 Å². The van der Waals surface area contributed by atoms with Crippen molar-refractivity contribution in [3.05, 3.63) is 29.8 Å². The van der Waals surface area contributed by atoms with E-state index in [1.165, 1.54) is 14.0 Å². The number of benzene rings is 1. The van der Waals surface area contributed by atoms with Gasteiger partial charge < -0.3 is 20.1 Å². The first-order valence-corrected chi connectivity index (χ1v) is 6.87. The second kappa shape index (κ2) is 8.02. The van der Waals surface area contributed by atoms with E-state index >= 15 is 0 Å². The van der Waals surface area contributed by atoms with Gasteiger partial charge in [-0.1, -0.05) is 12.1 Å². The third-order valence-corrected chi connectivity index (χ3v) is 3.16. The fraction of sp³-hybridized carbons (Fsp3) is 0.400. The van der Waals surface area contributed by atoms with Gasteiger partial charge in [0.15, 0.2) is 0 Å². The lowest BCUT2D eigenvalue weighted by Gasteiger charge is -2.21. The predicted molar refractivity (Wildman–Crippen MR) is 79.8 cm³/mol. The number of nitrogens with one attached hydrogen (secondary N) is 1. The van der Waals surface area contributed by atoms with E-state index < -0.39 is 23.8 Å². The summed E-state index contributed by atoms with van der Waals surface area (Å²) in [6, 6.07) is 5.74. The Balaban J connectivity index is 2.67. The van der Waals surface area contributed by atoms with Crippen molar-refractivity contribution < 1.29 is 24.2 Å². The third kappa shape index (κ3) is 4.47. The van der Waals surface area contributed by atoms with Crippen molar-refractivity contribution in [3.8, 4) is 5.75 Å². The average molecular weight is 308 g/mol.